The van der Waals surface area contributed by atoms with E-state index in [0.717, 1.165) is 48.6 Å². The second-order valence-electron chi connectivity index (χ2n) is 7.02. The van der Waals surface area contributed by atoms with E-state index in [4.69, 9.17) is 4.98 Å². The van der Waals surface area contributed by atoms with Crippen LogP contribution in [0, 0.1) is 0 Å². The van der Waals surface area contributed by atoms with Crippen molar-refractivity contribution in [1.82, 2.24) is 14.9 Å². The number of rotatable bonds is 3. The number of imidazole rings is 1. The minimum absolute atomic E-state index is 0.0154. The van der Waals surface area contributed by atoms with Crippen molar-refractivity contribution in [2.75, 3.05) is 19.6 Å². The van der Waals surface area contributed by atoms with Crippen molar-refractivity contribution in [3.8, 4) is 11.4 Å². The van der Waals surface area contributed by atoms with Crippen LogP contribution in [0.3, 0.4) is 0 Å². The van der Waals surface area contributed by atoms with Crippen LogP contribution in [0.25, 0.3) is 22.4 Å². The second-order valence-corrected chi connectivity index (χ2v) is 7.02. The van der Waals surface area contributed by atoms with Crippen LogP contribution in [-0.2, 0) is 13.1 Å². The van der Waals surface area contributed by atoms with E-state index in [2.05, 4.69) is 46.3 Å². The van der Waals surface area contributed by atoms with Crippen LogP contribution in [0.5, 0.6) is 0 Å². The quantitative estimate of drug-likeness (QED) is 0.705. The molecule has 0 saturated heterocycles. The van der Waals surface area contributed by atoms with Gasteiger partial charge in [0, 0.05) is 24.2 Å². The number of aromatic nitrogens is 2. The second kappa shape index (κ2) is 6.11. The number of quaternary nitrogens is 1. The summed E-state index contributed by atoms with van der Waals surface area (Å²) in [6.45, 7) is 4.63. The number of hydrogen-bond donors (Lipinski definition) is 2. The maximum atomic E-state index is 12.3. The molecule has 2 aromatic carbocycles. The van der Waals surface area contributed by atoms with Gasteiger partial charge in [-0.15, -0.1) is 0 Å². The van der Waals surface area contributed by atoms with Gasteiger partial charge in [0.25, 0.3) is 5.91 Å². The van der Waals surface area contributed by atoms with Gasteiger partial charge in [-0.05, 0) is 24.3 Å². The molecule has 5 rings (SSSR count). The van der Waals surface area contributed by atoms with Crippen molar-refractivity contribution >= 4 is 16.9 Å². The fourth-order valence-corrected chi connectivity index (χ4v) is 3.97. The molecule has 1 aromatic heterocycles. The maximum Gasteiger partial charge on any atom is 0.253 e. The lowest BCUT2D eigenvalue weighted by atomic mass is 10.1. The van der Waals surface area contributed by atoms with E-state index >= 15 is 0 Å². The molecule has 0 radical (unpaired) electrons. The van der Waals surface area contributed by atoms with E-state index in [1.807, 2.05) is 18.2 Å². The zero-order valence-corrected chi connectivity index (χ0v) is 14.5. The van der Waals surface area contributed by atoms with Gasteiger partial charge in [0.1, 0.15) is 12.4 Å². The Kier molecular flexibility index (Phi) is 3.60. The van der Waals surface area contributed by atoms with E-state index in [1.54, 1.807) is 4.90 Å². The smallest absolute Gasteiger partial charge is 0.253 e. The molecular formula is C21H21N4O+. The Labute approximate surface area is 151 Å². The van der Waals surface area contributed by atoms with Gasteiger partial charge in [-0.25, -0.2) is 4.98 Å². The Balaban J connectivity index is 1.53. The molecule has 2 aliphatic rings. The lowest BCUT2D eigenvalue weighted by molar-refractivity contribution is -0.897. The van der Waals surface area contributed by atoms with Gasteiger partial charge in [-0.3, -0.25) is 4.79 Å². The fourth-order valence-electron chi connectivity index (χ4n) is 3.97. The van der Waals surface area contributed by atoms with Crippen molar-refractivity contribution in [2.45, 2.75) is 13.1 Å². The number of hydrogen-bond acceptors (Lipinski definition) is 2. The number of nitrogens with zero attached hydrogens (tertiary/aromatic N) is 2. The Morgan fingerprint density at radius 2 is 1.88 bits per heavy atom. The Bertz CT molecular complexity index is 1010. The third kappa shape index (κ3) is 2.52. The number of carbonyl (C=O) groups is 1. The predicted molar refractivity (Wildman–Crippen MR) is 101 cm³/mol. The molecule has 0 bridgehead atoms. The first kappa shape index (κ1) is 15.3. The fraction of sp³-hybridized carbons (Fsp3) is 0.238. The third-order valence-corrected chi connectivity index (χ3v) is 5.28. The summed E-state index contributed by atoms with van der Waals surface area (Å²) in [5.41, 5.74) is 4.97. The molecule has 3 aromatic rings. The Morgan fingerprint density at radius 3 is 2.69 bits per heavy atom. The summed E-state index contributed by atoms with van der Waals surface area (Å²) in [5.74, 6) is 0.920. The first-order valence-electron chi connectivity index (χ1n) is 9.15. The summed E-state index contributed by atoms with van der Waals surface area (Å²) < 4.78 is 2.17. The highest BCUT2D eigenvalue weighted by atomic mass is 16.1. The molecule has 3 heterocycles. The molecule has 0 fully saturated rings. The molecule has 2 N–H and O–H groups in total. The molecule has 1 amide bonds. The molecule has 0 unspecified atom stereocenters. The first-order valence-corrected chi connectivity index (χ1v) is 9.15. The van der Waals surface area contributed by atoms with Gasteiger partial charge in [0.15, 0.2) is 0 Å². The van der Waals surface area contributed by atoms with Crippen LogP contribution in [0.2, 0.25) is 0 Å². The van der Waals surface area contributed by atoms with Crippen molar-refractivity contribution in [3.63, 3.8) is 0 Å². The van der Waals surface area contributed by atoms with Crippen LogP contribution in [0.4, 0.5) is 0 Å². The number of para-hydroxylation sites is 1. The number of amides is 1. The highest BCUT2D eigenvalue weighted by Crippen LogP contribution is 2.28. The SMILES string of the molecule is O=C1NCCn2c(-c3ccc(C[NH+]4CC=CC4)cc3)nc3cccc1c32. The molecule has 5 heteroatoms. The summed E-state index contributed by atoms with van der Waals surface area (Å²) >= 11 is 0. The molecule has 0 spiro atoms. The molecule has 5 nitrogen and oxygen atoms in total. The Hall–Kier alpha value is -2.92. The van der Waals surface area contributed by atoms with Crippen molar-refractivity contribution < 1.29 is 9.69 Å². The van der Waals surface area contributed by atoms with Crippen LogP contribution in [0.15, 0.2) is 54.6 Å². The summed E-state index contributed by atoms with van der Waals surface area (Å²) in [4.78, 5) is 18.7. The zero-order valence-electron chi connectivity index (χ0n) is 14.5. The molecule has 26 heavy (non-hydrogen) atoms. The average molecular weight is 345 g/mol. The lowest BCUT2D eigenvalue weighted by Crippen LogP contribution is -3.08. The van der Waals surface area contributed by atoms with Gasteiger partial charge >= 0.3 is 0 Å². The van der Waals surface area contributed by atoms with Crippen LogP contribution in [-0.4, -0.2) is 35.1 Å². The highest BCUT2D eigenvalue weighted by molar-refractivity contribution is 6.06. The monoisotopic (exact) mass is 345 g/mol. The maximum absolute atomic E-state index is 12.3. The summed E-state index contributed by atoms with van der Waals surface area (Å²) in [6.07, 6.45) is 4.50. The normalized spacial score (nSPS) is 16.8. The van der Waals surface area contributed by atoms with E-state index < -0.39 is 0 Å². The van der Waals surface area contributed by atoms with Gasteiger partial charge in [0.2, 0.25) is 0 Å². The summed E-state index contributed by atoms with van der Waals surface area (Å²) in [6, 6.07) is 14.5. The van der Waals surface area contributed by atoms with Crippen molar-refractivity contribution in [3.05, 3.63) is 65.7 Å². The van der Waals surface area contributed by atoms with Crippen molar-refractivity contribution in [2.24, 2.45) is 0 Å². The standard InChI is InChI=1S/C21H20N4O/c26-21-17-4-3-5-18-19(17)25(13-10-22-21)20(23-18)16-8-6-15(7-9-16)14-24-11-1-2-12-24/h1-9H,10-14H2,(H,22,26)/p+1. The van der Waals surface area contributed by atoms with Gasteiger partial charge in [-0.1, -0.05) is 30.3 Å². The number of nitrogens with one attached hydrogen (secondary N) is 2. The van der Waals surface area contributed by atoms with Crippen LogP contribution in [0.1, 0.15) is 15.9 Å². The molecule has 130 valence electrons. The highest BCUT2D eigenvalue weighted by Gasteiger charge is 2.21. The van der Waals surface area contributed by atoms with Gasteiger partial charge < -0.3 is 14.8 Å². The molecule has 0 aliphatic carbocycles. The van der Waals surface area contributed by atoms with Crippen molar-refractivity contribution in [1.29, 1.82) is 0 Å². The van der Waals surface area contributed by atoms with Gasteiger partial charge in [-0.2, -0.15) is 0 Å². The van der Waals surface area contributed by atoms with Crippen LogP contribution < -0.4 is 10.2 Å². The van der Waals surface area contributed by atoms with E-state index in [0.29, 0.717) is 12.1 Å². The molecule has 0 atom stereocenters. The lowest BCUT2D eigenvalue weighted by Gasteiger charge is -2.12. The zero-order chi connectivity index (χ0) is 17.5. The minimum atomic E-state index is -0.0154. The third-order valence-electron chi connectivity index (χ3n) is 5.28. The number of carbonyl (C=O) groups excluding carboxylic acids is 1. The van der Waals surface area contributed by atoms with E-state index in [-0.39, 0.29) is 5.91 Å². The minimum Gasteiger partial charge on any atom is -0.350 e. The van der Waals surface area contributed by atoms with Gasteiger partial charge in [0.05, 0.1) is 29.7 Å². The average Bonchev–Trinajstić information content (AvgIpc) is 3.26. The van der Waals surface area contributed by atoms with E-state index in [1.165, 1.54) is 5.56 Å². The largest absolute Gasteiger partial charge is 0.350 e. The molecule has 2 aliphatic heterocycles. The summed E-state index contributed by atoms with van der Waals surface area (Å²) in [5, 5.41) is 2.97. The topological polar surface area (TPSA) is 51.4 Å². The summed E-state index contributed by atoms with van der Waals surface area (Å²) in [7, 11) is 0. The number of benzene rings is 2. The molecular weight excluding hydrogens is 324 g/mol. The van der Waals surface area contributed by atoms with E-state index in [9.17, 15) is 4.79 Å². The molecule has 0 saturated carbocycles. The first-order chi connectivity index (χ1) is 12.8. The van der Waals surface area contributed by atoms with Crippen LogP contribution >= 0.6 is 0 Å². The predicted octanol–water partition coefficient (Wildman–Crippen LogP) is 1.40. The Morgan fingerprint density at radius 1 is 1.08 bits per heavy atom.